The lowest BCUT2D eigenvalue weighted by molar-refractivity contribution is 0.572. The Balaban J connectivity index is 1.75. The highest BCUT2D eigenvalue weighted by Crippen LogP contribution is 2.51. The molecule has 0 amide bonds. The van der Waals surface area contributed by atoms with Gasteiger partial charge in [0.25, 0.3) is 5.95 Å². The van der Waals surface area contributed by atoms with Crippen molar-refractivity contribution in [1.82, 2.24) is 29.7 Å². The molecule has 1 aliphatic carbocycles. The van der Waals surface area contributed by atoms with Crippen molar-refractivity contribution >= 4 is 17.5 Å². The third kappa shape index (κ3) is 2.65. The van der Waals surface area contributed by atoms with Crippen molar-refractivity contribution in [3.05, 3.63) is 17.9 Å². The molecule has 0 spiro atoms. The number of nitrogens with zero attached hydrogens (tertiary/aromatic N) is 6. The minimum atomic E-state index is 0.137. The van der Waals surface area contributed by atoms with Crippen molar-refractivity contribution in [2.75, 3.05) is 11.9 Å². The van der Waals surface area contributed by atoms with E-state index in [1.54, 1.807) is 0 Å². The second-order valence-electron chi connectivity index (χ2n) is 5.34. The summed E-state index contributed by atoms with van der Waals surface area (Å²) in [5.74, 6) is 1.47. The van der Waals surface area contributed by atoms with E-state index in [0.29, 0.717) is 23.2 Å². The zero-order chi connectivity index (χ0) is 13.5. The van der Waals surface area contributed by atoms with Crippen molar-refractivity contribution in [2.45, 2.75) is 20.3 Å². The first-order valence-electron chi connectivity index (χ1n) is 6.05. The highest BCUT2D eigenvalue weighted by molar-refractivity contribution is 6.28. The molecule has 3 rings (SSSR count). The number of anilines is 1. The summed E-state index contributed by atoms with van der Waals surface area (Å²) in [4.78, 5) is 16.2. The molecule has 0 radical (unpaired) electrons. The standard InChI is InChI=1S/C11H14ClN7/c1-11(2)3-7(11)4-14-9-16-8(12)17-10(18-9)19-6-13-5-15-19/h5-7H,3-4H2,1-2H3,(H,14,16,17,18). The average molecular weight is 280 g/mol. The quantitative estimate of drug-likeness (QED) is 0.915. The summed E-state index contributed by atoms with van der Waals surface area (Å²) < 4.78 is 1.44. The molecule has 0 saturated heterocycles. The predicted octanol–water partition coefficient (Wildman–Crippen LogP) is 1.56. The fourth-order valence-corrected chi connectivity index (χ4v) is 2.13. The maximum absolute atomic E-state index is 5.89. The summed E-state index contributed by atoms with van der Waals surface area (Å²) in [6.07, 6.45) is 4.14. The third-order valence-electron chi connectivity index (χ3n) is 3.44. The van der Waals surface area contributed by atoms with Crippen molar-refractivity contribution in [1.29, 1.82) is 0 Å². The summed E-state index contributed by atoms with van der Waals surface area (Å²) in [6.45, 7) is 5.34. The molecule has 1 saturated carbocycles. The second-order valence-corrected chi connectivity index (χ2v) is 5.68. The van der Waals surface area contributed by atoms with Crippen LogP contribution in [-0.4, -0.2) is 36.3 Å². The molecule has 0 aliphatic heterocycles. The van der Waals surface area contributed by atoms with E-state index >= 15 is 0 Å². The van der Waals surface area contributed by atoms with Gasteiger partial charge in [0.15, 0.2) is 0 Å². The van der Waals surface area contributed by atoms with Gasteiger partial charge in [0.05, 0.1) is 0 Å². The van der Waals surface area contributed by atoms with Gasteiger partial charge in [-0.15, -0.1) is 0 Å². The first kappa shape index (κ1) is 12.3. The second kappa shape index (κ2) is 4.41. The Morgan fingerprint density at radius 1 is 1.42 bits per heavy atom. The van der Waals surface area contributed by atoms with Crippen molar-refractivity contribution in [2.24, 2.45) is 11.3 Å². The van der Waals surface area contributed by atoms with Crippen LogP contribution in [0.15, 0.2) is 12.7 Å². The molecule has 2 heterocycles. The van der Waals surface area contributed by atoms with E-state index in [2.05, 4.69) is 44.2 Å². The minimum absolute atomic E-state index is 0.137. The molecule has 1 fully saturated rings. The third-order valence-corrected chi connectivity index (χ3v) is 3.61. The van der Waals surface area contributed by atoms with Gasteiger partial charge < -0.3 is 5.32 Å². The van der Waals surface area contributed by atoms with Gasteiger partial charge in [-0.25, -0.2) is 4.98 Å². The molecule has 2 aromatic heterocycles. The Morgan fingerprint density at radius 3 is 2.84 bits per heavy atom. The van der Waals surface area contributed by atoms with Crippen LogP contribution in [0.5, 0.6) is 0 Å². The zero-order valence-electron chi connectivity index (χ0n) is 10.7. The molecule has 2 aromatic rings. The maximum atomic E-state index is 5.89. The van der Waals surface area contributed by atoms with E-state index in [1.165, 1.54) is 23.8 Å². The fourth-order valence-electron chi connectivity index (χ4n) is 1.97. The number of aromatic nitrogens is 6. The summed E-state index contributed by atoms with van der Waals surface area (Å²) in [6, 6.07) is 0. The first-order chi connectivity index (χ1) is 9.04. The molecular formula is C11H14ClN7. The summed E-state index contributed by atoms with van der Waals surface area (Å²) in [5, 5.41) is 7.30. The van der Waals surface area contributed by atoms with Gasteiger partial charge in [-0.2, -0.15) is 24.7 Å². The molecule has 1 atom stereocenters. The van der Waals surface area contributed by atoms with Crippen LogP contribution in [0.2, 0.25) is 5.28 Å². The Labute approximate surface area is 115 Å². The topological polar surface area (TPSA) is 81.4 Å². The van der Waals surface area contributed by atoms with E-state index in [4.69, 9.17) is 11.6 Å². The lowest BCUT2D eigenvalue weighted by atomic mass is 10.1. The molecular weight excluding hydrogens is 266 g/mol. The normalized spacial score (nSPS) is 20.3. The molecule has 7 nitrogen and oxygen atoms in total. The molecule has 1 N–H and O–H groups in total. The lowest BCUT2D eigenvalue weighted by Gasteiger charge is -2.07. The van der Waals surface area contributed by atoms with Gasteiger partial charge in [0.2, 0.25) is 11.2 Å². The van der Waals surface area contributed by atoms with Crippen LogP contribution < -0.4 is 5.32 Å². The van der Waals surface area contributed by atoms with Crippen molar-refractivity contribution in [3.8, 4) is 5.95 Å². The number of rotatable bonds is 4. The van der Waals surface area contributed by atoms with Crippen LogP contribution in [0.25, 0.3) is 5.95 Å². The molecule has 1 unspecified atom stereocenters. The molecule has 100 valence electrons. The van der Waals surface area contributed by atoms with Crippen molar-refractivity contribution in [3.63, 3.8) is 0 Å². The Morgan fingerprint density at radius 2 is 2.21 bits per heavy atom. The number of hydrogen-bond donors (Lipinski definition) is 1. The summed E-state index contributed by atoms with van der Waals surface area (Å²) in [7, 11) is 0. The number of nitrogens with one attached hydrogen (secondary N) is 1. The largest absolute Gasteiger partial charge is 0.354 e. The zero-order valence-corrected chi connectivity index (χ0v) is 11.5. The fraction of sp³-hybridized carbons (Fsp3) is 0.545. The maximum Gasteiger partial charge on any atom is 0.258 e. The lowest BCUT2D eigenvalue weighted by Crippen LogP contribution is -2.12. The van der Waals surface area contributed by atoms with E-state index < -0.39 is 0 Å². The smallest absolute Gasteiger partial charge is 0.258 e. The number of hydrogen-bond acceptors (Lipinski definition) is 6. The molecule has 19 heavy (non-hydrogen) atoms. The van der Waals surface area contributed by atoms with Crippen LogP contribution in [0.4, 0.5) is 5.95 Å². The van der Waals surface area contributed by atoms with Crippen LogP contribution >= 0.6 is 11.6 Å². The first-order valence-corrected chi connectivity index (χ1v) is 6.43. The highest BCUT2D eigenvalue weighted by atomic mass is 35.5. The van der Waals surface area contributed by atoms with E-state index in [0.717, 1.165) is 6.54 Å². The predicted molar refractivity (Wildman–Crippen MR) is 70.1 cm³/mol. The van der Waals surface area contributed by atoms with Gasteiger partial charge in [0.1, 0.15) is 12.7 Å². The minimum Gasteiger partial charge on any atom is -0.354 e. The van der Waals surface area contributed by atoms with Gasteiger partial charge in [0, 0.05) is 6.54 Å². The van der Waals surface area contributed by atoms with Crippen LogP contribution in [0.3, 0.4) is 0 Å². The Kier molecular flexibility index (Phi) is 2.85. The summed E-state index contributed by atoms with van der Waals surface area (Å²) >= 11 is 5.89. The Hall–Kier alpha value is -1.76. The molecule has 1 aliphatic rings. The van der Waals surface area contributed by atoms with Gasteiger partial charge in [-0.1, -0.05) is 13.8 Å². The van der Waals surface area contributed by atoms with Gasteiger partial charge >= 0.3 is 0 Å². The van der Waals surface area contributed by atoms with E-state index in [-0.39, 0.29) is 5.28 Å². The molecule has 8 heteroatoms. The average Bonchev–Trinajstić information content (AvgIpc) is 2.81. The Bertz CT molecular complexity index is 581. The van der Waals surface area contributed by atoms with Crippen molar-refractivity contribution < 1.29 is 0 Å². The van der Waals surface area contributed by atoms with Gasteiger partial charge in [-0.3, -0.25) is 0 Å². The highest BCUT2D eigenvalue weighted by Gasteiger charge is 2.45. The van der Waals surface area contributed by atoms with E-state index in [1.807, 2.05) is 0 Å². The van der Waals surface area contributed by atoms with Crippen LogP contribution in [-0.2, 0) is 0 Å². The van der Waals surface area contributed by atoms with Gasteiger partial charge in [-0.05, 0) is 29.4 Å². The summed E-state index contributed by atoms with van der Waals surface area (Å²) in [5.41, 5.74) is 0.415. The van der Waals surface area contributed by atoms with E-state index in [9.17, 15) is 0 Å². The van der Waals surface area contributed by atoms with Crippen LogP contribution in [0, 0.1) is 11.3 Å². The SMILES string of the molecule is CC1(C)CC1CNc1nc(Cl)nc(-n2cncn2)n1. The number of halogens is 1. The molecule has 0 aromatic carbocycles. The molecule has 0 bridgehead atoms. The van der Waals surface area contributed by atoms with Crippen LogP contribution in [0.1, 0.15) is 20.3 Å². The monoisotopic (exact) mass is 279 g/mol.